The summed E-state index contributed by atoms with van der Waals surface area (Å²) in [6, 6.07) is 8.72. The van der Waals surface area contributed by atoms with E-state index in [-0.39, 0.29) is 11.3 Å². The second-order valence-electron chi connectivity index (χ2n) is 4.62. The second-order valence-corrected chi connectivity index (χ2v) is 4.96. The minimum atomic E-state index is 0.139. The van der Waals surface area contributed by atoms with E-state index < -0.39 is 0 Å². The van der Waals surface area contributed by atoms with Gasteiger partial charge in [-0.15, -0.1) is 0 Å². The van der Waals surface area contributed by atoms with Gasteiger partial charge in [0.15, 0.2) is 0 Å². The van der Waals surface area contributed by atoms with Gasteiger partial charge in [0.05, 0.1) is 6.61 Å². The van der Waals surface area contributed by atoms with Gasteiger partial charge in [-0.3, -0.25) is 0 Å². The molecule has 3 rings (SSSR count). The molecular weight excluding hydrogens is 276 g/mol. The van der Waals surface area contributed by atoms with Gasteiger partial charge in [0.1, 0.15) is 0 Å². The smallest absolute Gasteiger partial charge is 0.322 e. The summed E-state index contributed by atoms with van der Waals surface area (Å²) in [5, 5.41) is 3.34. The third kappa shape index (κ3) is 2.67. The molecule has 2 aromatic rings. The van der Waals surface area contributed by atoms with Gasteiger partial charge >= 0.3 is 6.01 Å². The van der Waals surface area contributed by atoms with Crippen molar-refractivity contribution in [3.63, 3.8) is 0 Å². The van der Waals surface area contributed by atoms with Crippen LogP contribution in [0.1, 0.15) is 24.0 Å². The first kappa shape index (κ1) is 13.1. The van der Waals surface area contributed by atoms with Gasteiger partial charge in [0.2, 0.25) is 11.2 Å². The molecule has 1 aromatic carbocycles. The monoisotopic (exact) mass is 290 g/mol. The molecule has 1 heterocycles. The molecule has 1 unspecified atom stereocenters. The molecule has 0 radical (unpaired) electrons. The van der Waals surface area contributed by atoms with Crippen molar-refractivity contribution < 1.29 is 4.74 Å². The summed E-state index contributed by atoms with van der Waals surface area (Å²) in [6.45, 7) is 3.15. The van der Waals surface area contributed by atoms with Crippen LogP contribution >= 0.6 is 11.6 Å². The van der Waals surface area contributed by atoms with E-state index in [0.29, 0.717) is 18.5 Å². The summed E-state index contributed by atoms with van der Waals surface area (Å²) in [5.74, 6) is 0.954. The molecule has 5 nitrogen and oxygen atoms in total. The van der Waals surface area contributed by atoms with Gasteiger partial charge in [-0.25, -0.2) is 0 Å². The SMILES string of the molecule is CCOc1nc(Cl)nc(NCC2Cc3ccccc32)n1. The van der Waals surface area contributed by atoms with Gasteiger partial charge in [0.25, 0.3) is 0 Å². The lowest BCUT2D eigenvalue weighted by Crippen LogP contribution is -2.25. The summed E-state index contributed by atoms with van der Waals surface area (Å²) in [5.41, 5.74) is 2.81. The highest BCUT2D eigenvalue weighted by Crippen LogP contribution is 2.34. The first-order chi connectivity index (χ1) is 9.76. The van der Waals surface area contributed by atoms with Gasteiger partial charge in [-0.1, -0.05) is 24.3 Å². The van der Waals surface area contributed by atoms with E-state index in [4.69, 9.17) is 16.3 Å². The van der Waals surface area contributed by atoms with Crippen molar-refractivity contribution in [3.05, 3.63) is 40.7 Å². The fourth-order valence-corrected chi connectivity index (χ4v) is 2.52. The standard InChI is InChI=1S/C14H15ClN4O/c1-2-20-14-18-12(15)17-13(19-14)16-8-10-7-9-5-3-4-6-11(9)10/h3-6,10H,2,7-8H2,1H3,(H,16,17,18,19). The first-order valence-electron chi connectivity index (χ1n) is 6.62. The number of ether oxygens (including phenoxy) is 1. The summed E-state index contributed by atoms with van der Waals surface area (Å²) < 4.78 is 5.24. The molecule has 1 N–H and O–H groups in total. The quantitative estimate of drug-likeness (QED) is 0.917. The maximum atomic E-state index is 5.85. The maximum absolute atomic E-state index is 5.85. The van der Waals surface area contributed by atoms with E-state index in [0.717, 1.165) is 13.0 Å². The molecule has 0 spiro atoms. The summed E-state index contributed by atoms with van der Waals surface area (Å²) in [6.07, 6.45) is 1.08. The van der Waals surface area contributed by atoms with Crippen LogP contribution < -0.4 is 10.1 Å². The average molecular weight is 291 g/mol. The number of nitrogens with zero attached hydrogens (tertiary/aromatic N) is 3. The average Bonchev–Trinajstić information content (AvgIpc) is 2.39. The molecule has 0 saturated carbocycles. The molecule has 0 fully saturated rings. The molecule has 0 saturated heterocycles. The maximum Gasteiger partial charge on any atom is 0.322 e. The van der Waals surface area contributed by atoms with E-state index in [1.807, 2.05) is 6.92 Å². The van der Waals surface area contributed by atoms with Crippen molar-refractivity contribution in [3.8, 4) is 6.01 Å². The van der Waals surface area contributed by atoms with Crippen molar-refractivity contribution in [2.45, 2.75) is 19.3 Å². The Kier molecular flexibility index (Phi) is 3.69. The largest absolute Gasteiger partial charge is 0.464 e. The number of benzene rings is 1. The molecule has 6 heteroatoms. The van der Waals surface area contributed by atoms with Crippen LogP contribution in [-0.4, -0.2) is 28.1 Å². The molecule has 104 valence electrons. The molecule has 1 atom stereocenters. The first-order valence-corrected chi connectivity index (χ1v) is 7.00. The topological polar surface area (TPSA) is 59.9 Å². The fourth-order valence-electron chi connectivity index (χ4n) is 2.36. The van der Waals surface area contributed by atoms with Gasteiger partial charge in [0, 0.05) is 12.5 Å². The second kappa shape index (κ2) is 5.63. The van der Waals surface area contributed by atoms with Crippen LogP contribution in [0.3, 0.4) is 0 Å². The Bertz CT molecular complexity index is 620. The number of aromatic nitrogens is 3. The zero-order chi connectivity index (χ0) is 13.9. The third-order valence-electron chi connectivity index (χ3n) is 3.33. The molecule has 20 heavy (non-hydrogen) atoms. The van der Waals surface area contributed by atoms with Crippen LogP contribution in [0.15, 0.2) is 24.3 Å². The van der Waals surface area contributed by atoms with E-state index in [1.54, 1.807) is 0 Å². The molecule has 1 aliphatic rings. The Morgan fingerprint density at radius 2 is 2.15 bits per heavy atom. The number of anilines is 1. The molecule has 0 aliphatic heterocycles. The number of hydrogen-bond donors (Lipinski definition) is 1. The van der Waals surface area contributed by atoms with Crippen molar-refractivity contribution in [2.24, 2.45) is 0 Å². The normalized spacial score (nSPS) is 16.2. The fraction of sp³-hybridized carbons (Fsp3) is 0.357. The van der Waals surface area contributed by atoms with Crippen LogP contribution in [0.2, 0.25) is 5.28 Å². The minimum Gasteiger partial charge on any atom is -0.464 e. The predicted octanol–water partition coefficient (Wildman–Crippen LogP) is 2.68. The van der Waals surface area contributed by atoms with Gasteiger partial charge in [-0.2, -0.15) is 15.0 Å². The van der Waals surface area contributed by atoms with Crippen LogP contribution in [0, 0.1) is 0 Å². The number of halogens is 1. The summed E-state index contributed by atoms with van der Waals surface area (Å²) in [7, 11) is 0. The van der Waals surface area contributed by atoms with Crippen molar-refractivity contribution in [1.29, 1.82) is 0 Å². The lowest BCUT2D eigenvalue weighted by atomic mass is 9.78. The highest BCUT2D eigenvalue weighted by atomic mass is 35.5. The summed E-state index contributed by atoms with van der Waals surface area (Å²) in [4.78, 5) is 12.1. The minimum absolute atomic E-state index is 0.139. The lowest BCUT2D eigenvalue weighted by Gasteiger charge is -2.30. The number of nitrogens with one attached hydrogen (secondary N) is 1. The van der Waals surface area contributed by atoms with Crippen molar-refractivity contribution in [2.75, 3.05) is 18.5 Å². The Labute approximate surface area is 122 Å². The Morgan fingerprint density at radius 3 is 2.95 bits per heavy atom. The van der Waals surface area contributed by atoms with E-state index in [1.165, 1.54) is 11.1 Å². The zero-order valence-corrected chi connectivity index (χ0v) is 11.9. The number of hydrogen-bond acceptors (Lipinski definition) is 5. The third-order valence-corrected chi connectivity index (χ3v) is 3.50. The zero-order valence-electron chi connectivity index (χ0n) is 11.1. The van der Waals surface area contributed by atoms with E-state index >= 15 is 0 Å². The Morgan fingerprint density at radius 1 is 1.30 bits per heavy atom. The summed E-state index contributed by atoms with van der Waals surface area (Å²) >= 11 is 5.85. The van der Waals surface area contributed by atoms with Gasteiger partial charge in [-0.05, 0) is 36.1 Å². The van der Waals surface area contributed by atoms with Crippen LogP contribution in [0.5, 0.6) is 6.01 Å². The van der Waals surface area contributed by atoms with E-state index in [2.05, 4.69) is 44.5 Å². The van der Waals surface area contributed by atoms with E-state index in [9.17, 15) is 0 Å². The molecule has 1 aliphatic carbocycles. The highest BCUT2D eigenvalue weighted by Gasteiger charge is 2.25. The number of fused-ring (bicyclic) bond motifs is 1. The molecular formula is C14H15ClN4O. The predicted molar refractivity (Wildman–Crippen MR) is 77.4 cm³/mol. The molecule has 0 amide bonds. The molecule has 0 bridgehead atoms. The van der Waals surface area contributed by atoms with Crippen LogP contribution in [0.4, 0.5) is 5.95 Å². The van der Waals surface area contributed by atoms with Crippen LogP contribution in [0.25, 0.3) is 0 Å². The lowest BCUT2D eigenvalue weighted by molar-refractivity contribution is 0.312. The number of rotatable bonds is 5. The van der Waals surface area contributed by atoms with Gasteiger partial charge < -0.3 is 10.1 Å². The Balaban J connectivity index is 1.65. The van der Waals surface area contributed by atoms with Crippen molar-refractivity contribution >= 4 is 17.5 Å². The highest BCUT2D eigenvalue weighted by molar-refractivity contribution is 6.28. The van der Waals surface area contributed by atoms with Crippen LogP contribution in [-0.2, 0) is 6.42 Å². The molecule has 1 aromatic heterocycles. The Hall–Kier alpha value is -1.88. The van der Waals surface area contributed by atoms with Crippen molar-refractivity contribution in [1.82, 2.24) is 15.0 Å².